The molecular weight excluding hydrogens is 293 g/mol. The van der Waals surface area contributed by atoms with E-state index in [1.807, 2.05) is 6.07 Å². The fraction of sp³-hybridized carbons (Fsp3) is 0.364. The van der Waals surface area contributed by atoms with E-state index in [9.17, 15) is 4.79 Å². The topological polar surface area (TPSA) is 40.5 Å². The molecule has 0 aromatic heterocycles. The molecule has 1 amide bonds. The van der Waals surface area contributed by atoms with Crippen molar-refractivity contribution in [1.82, 2.24) is 0 Å². The number of nitrogens with zero attached hydrogens (tertiary/aromatic N) is 1. The molecule has 1 unspecified atom stereocenters. The highest BCUT2D eigenvalue weighted by Crippen LogP contribution is 2.33. The highest BCUT2D eigenvalue weighted by molar-refractivity contribution is 9.10. The molecule has 86 valence electrons. The van der Waals surface area contributed by atoms with Crippen LogP contribution in [-0.2, 0) is 4.79 Å². The van der Waals surface area contributed by atoms with E-state index in [0.29, 0.717) is 18.0 Å². The molecule has 1 atom stereocenters. The van der Waals surface area contributed by atoms with Gasteiger partial charge in [0.25, 0.3) is 0 Å². The summed E-state index contributed by atoms with van der Waals surface area (Å²) in [6.45, 7) is 0.592. The number of halogens is 2. The predicted molar refractivity (Wildman–Crippen MR) is 66.7 cm³/mol. The third-order valence-corrected chi connectivity index (χ3v) is 3.57. The Kier molecular flexibility index (Phi) is 3.52. The SMILES string of the molecule is O=C1CC(CO)CN1c1cc(Cl)ccc1Br. The van der Waals surface area contributed by atoms with Gasteiger partial charge in [-0.05, 0) is 34.1 Å². The quantitative estimate of drug-likeness (QED) is 0.912. The maximum Gasteiger partial charge on any atom is 0.227 e. The van der Waals surface area contributed by atoms with Gasteiger partial charge in [0.2, 0.25) is 5.91 Å². The summed E-state index contributed by atoms with van der Waals surface area (Å²) in [6.07, 6.45) is 0.398. The van der Waals surface area contributed by atoms with Crippen molar-refractivity contribution in [1.29, 1.82) is 0 Å². The van der Waals surface area contributed by atoms with E-state index in [4.69, 9.17) is 16.7 Å². The van der Waals surface area contributed by atoms with E-state index in [0.717, 1.165) is 10.2 Å². The molecule has 16 heavy (non-hydrogen) atoms. The van der Waals surface area contributed by atoms with Gasteiger partial charge in [-0.2, -0.15) is 0 Å². The number of anilines is 1. The Labute approximate surface area is 107 Å². The van der Waals surface area contributed by atoms with E-state index in [1.165, 1.54) is 0 Å². The smallest absolute Gasteiger partial charge is 0.227 e. The summed E-state index contributed by atoms with van der Waals surface area (Å²) in [7, 11) is 0. The summed E-state index contributed by atoms with van der Waals surface area (Å²) in [5.74, 6) is 0.0559. The van der Waals surface area contributed by atoms with Gasteiger partial charge in [-0.3, -0.25) is 4.79 Å². The number of aliphatic hydroxyl groups is 1. The third kappa shape index (κ3) is 2.24. The summed E-state index contributed by atoms with van der Waals surface area (Å²) in [4.78, 5) is 13.4. The minimum atomic E-state index is 0.0263. The van der Waals surface area contributed by atoms with Crippen LogP contribution in [-0.4, -0.2) is 24.2 Å². The zero-order chi connectivity index (χ0) is 11.7. The second-order valence-corrected chi connectivity index (χ2v) is 5.14. The van der Waals surface area contributed by atoms with Crippen LogP contribution in [0.1, 0.15) is 6.42 Å². The normalized spacial score (nSPS) is 20.6. The van der Waals surface area contributed by atoms with Crippen LogP contribution in [0.2, 0.25) is 5.02 Å². The first-order chi connectivity index (χ1) is 7.61. The second-order valence-electron chi connectivity index (χ2n) is 3.85. The van der Waals surface area contributed by atoms with Gasteiger partial charge in [0, 0.05) is 35.0 Å². The van der Waals surface area contributed by atoms with Gasteiger partial charge < -0.3 is 10.0 Å². The first kappa shape index (κ1) is 11.9. The van der Waals surface area contributed by atoms with Crippen molar-refractivity contribution in [3.8, 4) is 0 Å². The van der Waals surface area contributed by atoms with Crippen molar-refractivity contribution in [3.05, 3.63) is 27.7 Å². The molecule has 1 heterocycles. The Bertz CT molecular complexity index is 424. The molecule has 1 aromatic rings. The number of benzene rings is 1. The van der Waals surface area contributed by atoms with Crippen molar-refractivity contribution in [3.63, 3.8) is 0 Å². The first-order valence-electron chi connectivity index (χ1n) is 4.98. The van der Waals surface area contributed by atoms with Crippen LogP contribution in [0.5, 0.6) is 0 Å². The van der Waals surface area contributed by atoms with Crippen LogP contribution in [0, 0.1) is 5.92 Å². The Balaban J connectivity index is 2.30. The lowest BCUT2D eigenvalue weighted by Gasteiger charge is -2.18. The molecular formula is C11H11BrClNO2. The minimum Gasteiger partial charge on any atom is -0.396 e. The summed E-state index contributed by atoms with van der Waals surface area (Å²) < 4.78 is 0.837. The van der Waals surface area contributed by atoms with Crippen molar-refractivity contribution in [2.75, 3.05) is 18.1 Å². The highest BCUT2D eigenvalue weighted by Gasteiger charge is 2.31. The number of carbonyl (C=O) groups is 1. The number of rotatable bonds is 2. The number of aliphatic hydroxyl groups excluding tert-OH is 1. The molecule has 1 N–H and O–H groups in total. The fourth-order valence-electron chi connectivity index (χ4n) is 1.83. The van der Waals surface area contributed by atoms with Gasteiger partial charge in [-0.15, -0.1) is 0 Å². The second kappa shape index (κ2) is 4.73. The zero-order valence-electron chi connectivity index (χ0n) is 8.49. The van der Waals surface area contributed by atoms with Crippen LogP contribution in [0.4, 0.5) is 5.69 Å². The first-order valence-corrected chi connectivity index (χ1v) is 6.15. The van der Waals surface area contributed by atoms with Crippen LogP contribution in [0.25, 0.3) is 0 Å². The average molecular weight is 305 g/mol. The van der Waals surface area contributed by atoms with E-state index in [1.54, 1.807) is 17.0 Å². The van der Waals surface area contributed by atoms with Crippen molar-refractivity contribution < 1.29 is 9.90 Å². The lowest BCUT2D eigenvalue weighted by molar-refractivity contribution is -0.117. The maximum absolute atomic E-state index is 11.8. The standard InChI is InChI=1S/C11H11BrClNO2/c12-9-2-1-8(13)4-10(9)14-5-7(6-15)3-11(14)16/h1-2,4,7,15H,3,5-6H2. The summed E-state index contributed by atoms with van der Waals surface area (Å²) >= 11 is 9.30. The molecule has 5 heteroatoms. The molecule has 0 saturated carbocycles. The van der Waals surface area contributed by atoms with Gasteiger partial charge in [0.15, 0.2) is 0 Å². The maximum atomic E-state index is 11.8. The number of hydrogen-bond donors (Lipinski definition) is 1. The number of hydrogen-bond acceptors (Lipinski definition) is 2. The highest BCUT2D eigenvalue weighted by atomic mass is 79.9. The number of amides is 1. The monoisotopic (exact) mass is 303 g/mol. The molecule has 0 radical (unpaired) electrons. The summed E-state index contributed by atoms with van der Waals surface area (Å²) in [6, 6.07) is 5.33. The summed E-state index contributed by atoms with van der Waals surface area (Å²) in [5.41, 5.74) is 0.772. The van der Waals surface area contributed by atoms with E-state index < -0.39 is 0 Å². The van der Waals surface area contributed by atoms with E-state index >= 15 is 0 Å². The zero-order valence-corrected chi connectivity index (χ0v) is 10.8. The molecule has 1 aliphatic heterocycles. The Morgan fingerprint density at radius 2 is 2.31 bits per heavy atom. The summed E-state index contributed by atoms with van der Waals surface area (Å²) in [5, 5.41) is 9.65. The van der Waals surface area contributed by atoms with Crippen LogP contribution in [0.3, 0.4) is 0 Å². The molecule has 0 bridgehead atoms. The average Bonchev–Trinajstić information content (AvgIpc) is 2.63. The van der Waals surface area contributed by atoms with Crippen molar-refractivity contribution >= 4 is 39.1 Å². The molecule has 1 aromatic carbocycles. The Hall–Kier alpha value is -0.580. The van der Waals surface area contributed by atoms with Crippen molar-refractivity contribution in [2.24, 2.45) is 5.92 Å². The van der Waals surface area contributed by atoms with Gasteiger partial charge in [0.05, 0.1) is 5.69 Å². The number of carbonyl (C=O) groups excluding carboxylic acids is 1. The Morgan fingerprint density at radius 1 is 1.56 bits per heavy atom. The predicted octanol–water partition coefficient (Wildman–Crippen LogP) is 2.45. The largest absolute Gasteiger partial charge is 0.396 e. The van der Waals surface area contributed by atoms with Crippen LogP contribution in [0.15, 0.2) is 22.7 Å². The van der Waals surface area contributed by atoms with Crippen molar-refractivity contribution in [2.45, 2.75) is 6.42 Å². The van der Waals surface area contributed by atoms with Gasteiger partial charge in [-0.1, -0.05) is 11.6 Å². The molecule has 2 rings (SSSR count). The lowest BCUT2D eigenvalue weighted by atomic mass is 10.1. The molecule has 3 nitrogen and oxygen atoms in total. The van der Waals surface area contributed by atoms with Gasteiger partial charge in [-0.25, -0.2) is 0 Å². The molecule has 1 fully saturated rings. The molecule has 1 saturated heterocycles. The van der Waals surface area contributed by atoms with E-state index in [-0.39, 0.29) is 18.4 Å². The van der Waals surface area contributed by atoms with Crippen LogP contribution >= 0.6 is 27.5 Å². The molecule has 0 spiro atoms. The Morgan fingerprint density at radius 3 is 2.94 bits per heavy atom. The molecule has 1 aliphatic rings. The van der Waals surface area contributed by atoms with Gasteiger partial charge >= 0.3 is 0 Å². The molecule has 0 aliphatic carbocycles. The van der Waals surface area contributed by atoms with Crippen LogP contribution < -0.4 is 4.90 Å². The van der Waals surface area contributed by atoms with E-state index in [2.05, 4.69) is 15.9 Å². The van der Waals surface area contributed by atoms with Gasteiger partial charge in [0.1, 0.15) is 0 Å². The fourth-order valence-corrected chi connectivity index (χ4v) is 2.46. The lowest BCUT2D eigenvalue weighted by Crippen LogP contribution is -2.25. The third-order valence-electron chi connectivity index (χ3n) is 2.66. The minimum absolute atomic E-state index is 0.0263.